The second kappa shape index (κ2) is 6.17. The molecule has 6 nitrogen and oxygen atoms in total. The van der Waals surface area contributed by atoms with Gasteiger partial charge in [-0.15, -0.1) is 10.2 Å². The third kappa shape index (κ3) is 3.55. The first-order valence-corrected chi connectivity index (χ1v) is 7.05. The second-order valence-electron chi connectivity index (χ2n) is 5.25. The summed E-state index contributed by atoms with van der Waals surface area (Å²) in [4.78, 5) is 6.06. The lowest BCUT2D eigenvalue weighted by Crippen LogP contribution is -2.38. The molecular formula is C14H18FN5O. The molecule has 0 atom stereocenters. The van der Waals surface area contributed by atoms with Crippen molar-refractivity contribution in [3.05, 3.63) is 36.3 Å². The Morgan fingerprint density at radius 1 is 1.33 bits per heavy atom. The van der Waals surface area contributed by atoms with Crippen LogP contribution in [0.3, 0.4) is 0 Å². The summed E-state index contributed by atoms with van der Waals surface area (Å²) < 4.78 is 20.7. The lowest BCUT2D eigenvalue weighted by Gasteiger charge is -2.31. The van der Waals surface area contributed by atoms with Crippen molar-refractivity contribution in [3.8, 4) is 5.88 Å². The molecule has 3 rings (SSSR count). The van der Waals surface area contributed by atoms with Crippen LogP contribution in [-0.2, 0) is 13.6 Å². The number of halogens is 1. The first-order valence-electron chi connectivity index (χ1n) is 7.05. The lowest BCUT2D eigenvalue weighted by molar-refractivity contribution is 0.0906. The van der Waals surface area contributed by atoms with Gasteiger partial charge >= 0.3 is 0 Å². The van der Waals surface area contributed by atoms with Gasteiger partial charge in [0, 0.05) is 26.2 Å². The molecule has 0 unspecified atom stereocenters. The molecule has 0 saturated carbocycles. The molecule has 0 bridgehead atoms. The number of rotatable bonds is 4. The van der Waals surface area contributed by atoms with E-state index in [1.807, 2.05) is 11.6 Å². The van der Waals surface area contributed by atoms with Crippen LogP contribution in [0.1, 0.15) is 18.7 Å². The molecule has 2 aromatic rings. The average molecular weight is 291 g/mol. The highest BCUT2D eigenvalue weighted by Gasteiger charge is 2.22. The number of likely N-dealkylation sites (tertiary alicyclic amines) is 1. The molecule has 1 aliphatic heterocycles. The van der Waals surface area contributed by atoms with Crippen LogP contribution in [0.15, 0.2) is 24.5 Å². The molecule has 0 spiro atoms. The Kier molecular flexibility index (Phi) is 4.10. The second-order valence-corrected chi connectivity index (χ2v) is 5.25. The third-order valence-electron chi connectivity index (χ3n) is 3.68. The molecule has 0 amide bonds. The molecule has 0 aliphatic carbocycles. The van der Waals surface area contributed by atoms with Gasteiger partial charge in [-0.2, -0.15) is 9.37 Å². The fraction of sp³-hybridized carbons (Fsp3) is 0.500. The van der Waals surface area contributed by atoms with E-state index < -0.39 is 5.95 Å². The first-order chi connectivity index (χ1) is 10.2. The summed E-state index contributed by atoms with van der Waals surface area (Å²) in [7, 11) is 1.95. The van der Waals surface area contributed by atoms with Crippen LogP contribution < -0.4 is 4.74 Å². The Bertz CT molecular complexity index is 595. The zero-order valence-electron chi connectivity index (χ0n) is 11.9. The summed E-state index contributed by atoms with van der Waals surface area (Å²) in [6.07, 6.45) is 3.60. The highest BCUT2D eigenvalue weighted by atomic mass is 19.1. The minimum absolute atomic E-state index is 0.0926. The summed E-state index contributed by atoms with van der Waals surface area (Å²) >= 11 is 0. The summed E-state index contributed by atoms with van der Waals surface area (Å²) in [5, 5.41) is 7.98. The fourth-order valence-corrected chi connectivity index (χ4v) is 2.46. The van der Waals surface area contributed by atoms with E-state index in [1.165, 1.54) is 6.07 Å². The maximum Gasteiger partial charge on any atom is 0.216 e. The van der Waals surface area contributed by atoms with Crippen LogP contribution in [0.4, 0.5) is 4.39 Å². The minimum atomic E-state index is -0.507. The lowest BCUT2D eigenvalue weighted by atomic mass is 10.1. The van der Waals surface area contributed by atoms with E-state index in [2.05, 4.69) is 20.1 Å². The van der Waals surface area contributed by atoms with Gasteiger partial charge in [0.05, 0.1) is 6.54 Å². The number of aryl methyl sites for hydroxylation is 1. The van der Waals surface area contributed by atoms with Gasteiger partial charge in [0.15, 0.2) is 0 Å². The molecule has 1 aliphatic rings. The third-order valence-corrected chi connectivity index (χ3v) is 3.68. The maximum absolute atomic E-state index is 13.0. The zero-order valence-corrected chi connectivity index (χ0v) is 11.9. The predicted octanol–water partition coefficient (Wildman–Crippen LogP) is 1.39. The van der Waals surface area contributed by atoms with E-state index in [4.69, 9.17) is 4.74 Å². The Balaban J connectivity index is 1.50. The summed E-state index contributed by atoms with van der Waals surface area (Å²) in [6.45, 7) is 2.64. The monoisotopic (exact) mass is 291 g/mol. The van der Waals surface area contributed by atoms with Crippen molar-refractivity contribution in [2.24, 2.45) is 7.05 Å². The van der Waals surface area contributed by atoms with Crippen LogP contribution >= 0.6 is 0 Å². The normalized spacial score (nSPS) is 17.0. The van der Waals surface area contributed by atoms with Gasteiger partial charge in [0.1, 0.15) is 18.3 Å². The van der Waals surface area contributed by atoms with Crippen LogP contribution in [0, 0.1) is 5.95 Å². The molecule has 1 saturated heterocycles. The molecule has 112 valence electrons. The highest BCUT2D eigenvalue weighted by molar-refractivity contribution is 5.10. The van der Waals surface area contributed by atoms with Crippen LogP contribution in [0.25, 0.3) is 0 Å². The van der Waals surface area contributed by atoms with Crippen molar-refractivity contribution in [2.45, 2.75) is 25.5 Å². The molecule has 7 heteroatoms. The van der Waals surface area contributed by atoms with Crippen molar-refractivity contribution in [2.75, 3.05) is 13.1 Å². The Hall–Kier alpha value is -2.02. The van der Waals surface area contributed by atoms with E-state index in [1.54, 1.807) is 18.5 Å². The largest absolute Gasteiger partial charge is 0.474 e. The van der Waals surface area contributed by atoms with Crippen molar-refractivity contribution in [1.29, 1.82) is 0 Å². The van der Waals surface area contributed by atoms with Crippen LogP contribution in [0.2, 0.25) is 0 Å². The summed E-state index contributed by atoms with van der Waals surface area (Å²) in [5.41, 5.74) is 0. The van der Waals surface area contributed by atoms with Crippen LogP contribution in [0.5, 0.6) is 5.88 Å². The number of pyridine rings is 1. The van der Waals surface area contributed by atoms with Gasteiger partial charge in [0.25, 0.3) is 0 Å². The van der Waals surface area contributed by atoms with E-state index in [0.717, 1.165) is 38.3 Å². The van der Waals surface area contributed by atoms with E-state index >= 15 is 0 Å². The van der Waals surface area contributed by atoms with Gasteiger partial charge in [0.2, 0.25) is 11.8 Å². The Morgan fingerprint density at radius 2 is 2.14 bits per heavy atom. The Morgan fingerprint density at radius 3 is 2.81 bits per heavy atom. The summed E-state index contributed by atoms with van der Waals surface area (Å²) in [5.74, 6) is 0.815. The number of hydrogen-bond donors (Lipinski definition) is 0. The number of piperidine rings is 1. The molecule has 0 radical (unpaired) electrons. The van der Waals surface area contributed by atoms with Crippen molar-refractivity contribution in [1.82, 2.24) is 24.6 Å². The number of hydrogen-bond acceptors (Lipinski definition) is 5. The Labute approximate surface area is 122 Å². The molecule has 0 N–H and O–H groups in total. The van der Waals surface area contributed by atoms with Crippen molar-refractivity contribution in [3.63, 3.8) is 0 Å². The average Bonchev–Trinajstić information content (AvgIpc) is 2.87. The van der Waals surface area contributed by atoms with Gasteiger partial charge < -0.3 is 9.30 Å². The van der Waals surface area contributed by atoms with E-state index in [-0.39, 0.29) is 6.10 Å². The zero-order chi connectivity index (χ0) is 14.7. The molecule has 2 aromatic heterocycles. The fourth-order valence-electron chi connectivity index (χ4n) is 2.46. The molecule has 1 fully saturated rings. The van der Waals surface area contributed by atoms with Gasteiger partial charge in [-0.05, 0) is 18.9 Å². The molecule has 21 heavy (non-hydrogen) atoms. The van der Waals surface area contributed by atoms with Crippen molar-refractivity contribution >= 4 is 0 Å². The minimum Gasteiger partial charge on any atom is -0.474 e. The highest BCUT2D eigenvalue weighted by Crippen LogP contribution is 2.18. The molecular weight excluding hydrogens is 273 g/mol. The van der Waals surface area contributed by atoms with Crippen LogP contribution in [-0.4, -0.2) is 43.8 Å². The van der Waals surface area contributed by atoms with Gasteiger partial charge in [-0.25, -0.2) is 0 Å². The number of aromatic nitrogens is 4. The summed E-state index contributed by atoms with van der Waals surface area (Å²) in [6, 6.07) is 4.62. The number of ether oxygens (including phenoxy) is 1. The SMILES string of the molecule is Cn1cnnc1CN1CCC(Oc2cccc(F)n2)CC1. The number of nitrogens with zero attached hydrogens (tertiary/aromatic N) is 5. The molecule has 0 aromatic carbocycles. The maximum atomic E-state index is 13.0. The van der Waals surface area contributed by atoms with E-state index in [0.29, 0.717) is 5.88 Å². The molecule has 3 heterocycles. The quantitative estimate of drug-likeness (QED) is 0.797. The standard InChI is InChI=1S/C14H18FN5O/c1-19-10-16-18-13(19)9-20-7-5-11(6-8-20)21-14-4-2-3-12(15)17-14/h2-4,10-11H,5-9H2,1H3. The topological polar surface area (TPSA) is 56.1 Å². The van der Waals surface area contributed by atoms with E-state index in [9.17, 15) is 4.39 Å². The van der Waals surface area contributed by atoms with Gasteiger partial charge in [-0.1, -0.05) is 6.07 Å². The predicted molar refractivity (Wildman–Crippen MR) is 74.1 cm³/mol. The van der Waals surface area contributed by atoms with Crippen molar-refractivity contribution < 1.29 is 9.13 Å². The van der Waals surface area contributed by atoms with Gasteiger partial charge in [-0.3, -0.25) is 4.90 Å². The first kappa shape index (κ1) is 13.9. The smallest absolute Gasteiger partial charge is 0.216 e.